The predicted octanol–water partition coefficient (Wildman–Crippen LogP) is 6.89. The van der Waals surface area contributed by atoms with Crippen molar-refractivity contribution >= 4 is 11.0 Å². The first-order valence-electron chi connectivity index (χ1n) is 13.9. The molecular weight excluding hydrogens is 508 g/mol. The summed E-state index contributed by atoms with van der Waals surface area (Å²) < 4.78 is 12.0. The van der Waals surface area contributed by atoms with Gasteiger partial charge in [0, 0.05) is 35.8 Å². The molecule has 0 fully saturated rings. The SMILES string of the molecule is COc1ccc(C2(Cc3ccncc3)Cc3ccc(OCc4ccccc4)cc3C2)c2nc(-c3cccnc3)[nH]c12. The first-order chi connectivity index (χ1) is 20.2. The van der Waals surface area contributed by atoms with Crippen LogP contribution in [0.3, 0.4) is 0 Å². The number of hydrogen-bond acceptors (Lipinski definition) is 5. The second-order valence-electron chi connectivity index (χ2n) is 10.7. The lowest BCUT2D eigenvalue weighted by Gasteiger charge is -2.30. The zero-order chi connectivity index (χ0) is 27.6. The lowest BCUT2D eigenvalue weighted by atomic mass is 9.72. The van der Waals surface area contributed by atoms with Gasteiger partial charge in [-0.25, -0.2) is 4.98 Å². The van der Waals surface area contributed by atoms with Crippen molar-refractivity contribution in [2.45, 2.75) is 31.3 Å². The molecule has 202 valence electrons. The van der Waals surface area contributed by atoms with Gasteiger partial charge in [0.25, 0.3) is 0 Å². The molecule has 6 heteroatoms. The summed E-state index contributed by atoms with van der Waals surface area (Å²) >= 11 is 0. The summed E-state index contributed by atoms with van der Waals surface area (Å²) in [5, 5.41) is 0. The monoisotopic (exact) mass is 538 g/mol. The van der Waals surface area contributed by atoms with Crippen molar-refractivity contribution in [3.8, 4) is 22.9 Å². The Balaban J connectivity index is 1.31. The molecule has 7 rings (SSSR count). The Morgan fingerprint density at radius 1 is 0.805 bits per heavy atom. The first kappa shape index (κ1) is 25.0. The highest BCUT2D eigenvalue weighted by Gasteiger charge is 2.41. The average Bonchev–Trinajstić information content (AvgIpc) is 3.63. The van der Waals surface area contributed by atoms with Gasteiger partial charge in [0.1, 0.15) is 29.4 Å². The largest absolute Gasteiger partial charge is 0.494 e. The number of fused-ring (bicyclic) bond motifs is 2. The Hall–Kier alpha value is -4.97. The third-order valence-corrected chi connectivity index (χ3v) is 8.11. The number of nitrogens with one attached hydrogen (secondary N) is 1. The number of hydrogen-bond donors (Lipinski definition) is 1. The van der Waals surface area contributed by atoms with Crippen molar-refractivity contribution in [2.24, 2.45) is 0 Å². The van der Waals surface area contributed by atoms with Crippen molar-refractivity contribution in [3.63, 3.8) is 0 Å². The van der Waals surface area contributed by atoms with E-state index in [4.69, 9.17) is 14.5 Å². The highest BCUT2D eigenvalue weighted by molar-refractivity contribution is 5.89. The van der Waals surface area contributed by atoms with Gasteiger partial charge in [-0.1, -0.05) is 42.5 Å². The molecule has 1 unspecified atom stereocenters. The number of aromatic nitrogens is 4. The number of imidazole rings is 1. The number of H-pyrrole nitrogens is 1. The second kappa shape index (κ2) is 10.5. The van der Waals surface area contributed by atoms with E-state index < -0.39 is 0 Å². The smallest absolute Gasteiger partial charge is 0.144 e. The number of rotatable bonds is 8. The molecule has 3 heterocycles. The van der Waals surface area contributed by atoms with Crippen LogP contribution in [0.25, 0.3) is 22.4 Å². The zero-order valence-corrected chi connectivity index (χ0v) is 22.9. The molecule has 6 nitrogen and oxygen atoms in total. The van der Waals surface area contributed by atoms with Gasteiger partial charge in [-0.15, -0.1) is 0 Å². The quantitative estimate of drug-likeness (QED) is 0.229. The summed E-state index contributed by atoms with van der Waals surface area (Å²) in [6.07, 6.45) is 10.00. The fourth-order valence-corrected chi connectivity index (χ4v) is 6.17. The maximum atomic E-state index is 6.21. The van der Waals surface area contributed by atoms with Crippen molar-refractivity contribution in [1.82, 2.24) is 19.9 Å². The van der Waals surface area contributed by atoms with Crippen LogP contribution in [0.2, 0.25) is 0 Å². The summed E-state index contributed by atoms with van der Waals surface area (Å²) in [7, 11) is 1.70. The summed E-state index contributed by atoms with van der Waals surface area (Å²) in [6.45, 7) is 0.547. The van der Waals surface area contributed by atoms with Crippen molar-refractivity contribution in [1.29, 1.82) is 0 Å². The fourth-order valence-electron chi connectivity index (χ4n) is 6.17. The highest BCUT2D eigenvalue weighted by atomic mass is 16.5. The van der Waals surface area contributed by atoms with Crippen LogP contribution in [0.5, 0.6) is 11.5 Å². The molecule has 3 aromatic carbocycles. The Morgan fingerprint density at radius 3 is 2.46 bits per heavy atom. The third-order valence-electron chi connectivity index (χ3n) is 8.11. The summed E-state index contributed by atoms with van der Waals surface area (Å²) in [5.41, 5.74) is 8.85. The Morgan fingerprint density at radius 2 is 1.66 bits per heavy atom. The van der Waals surface area contributed by atoms with Gasteiger partial charge < -0.3 is 14.5 Å². The molecule has 0 aliphatic heterocycles. The van der Waals surface area contributed by atoms with Crippen LogP contribution in [0, 0.1) is 0 Å². The van der Waals surface area contributed by atoms with Gasteiger partial charge in [0.15, 0.2) is 0 Å². The standard InChI is InChI=1S/C35H30N4O2/c1-40-31-12-11-30(32-33(31)39-34(38-32)27-8-5-15-37-22-27)35(19-24-13-16-36-17-14-24)20-26-9-10-29(18-28(26)21-35)41-23-25-6-3-2-4-7-25/h2-18,22H,19-21,23H2,1H3,(H,38,39). The van der Waals surface area contributed by atoms with E-state index in [0.29, 0.717) is 6.61 Å². The van der Waals surface area contributed by atoms with Gasteiger partial charge in [0.05, 0.1) is 12.6 Å². The number of benzene rings is 3. The zero-order valence-electron chi connectivity index (χ0n) is 22.9. The van der Waals surface area contributed by atoms with E-state index in [9.17, 15) is 0 Å². The van der Waals surface area contributed by atoms with Crippen LogP contribution in [-0.4, -0.2) is 27.0 Å². The molecule has 3 aromatic heterocycles. The maximum Gasteiger partial charge on any atom is 0.144 e. The van der Waals surface area contributed by atoms with Crippen LogP contribution >= 0.6 is 0 Å². The molecular formula is C35H30N4O2. The van der Waals surface area contributed by atoms with Gasteiger partial charge in [0.2, 0.25) is 0 Å². The fraction of sp³-hybridized carbons (Fsp3) is 0.171. The lowest BCUT2D eigenvalue weighted by molar-refractivity contribution is 0.306. The molecule has 1 N–H and O–H groups in total. The van der Waals surface area contributed by atoms with E-state index in [1.165, 1.54) is 22.3 Å². The van der Waals surface area contributed by atoms with Crippen LogP contribution in [-0.2, 0) is 31.3 Å². The number of nitrogens with zero attached hydrogens (tertiary/aromatic N) is 3. The number of methoxy groups -OCH3 is 1. The average molecular weight is 539 g/mol. The molecule has 1 atom stereocenters. The summed E-state index contributed by atoms with van der Waals surface area (Å²) in [4.78, 5) is 17.3. The Bertz CT molecular complexity index is 1800. The van der Waals surface area contributed by atoms with Crippen molar-refractivity contribution < 1.29 is 9.47 Å². The first-order valence-corrected chi connectivity index (χ1v) is 13.9. The number of aromatic amines is 1. The van der Waals surface area contributed by atoms with Gasteiger partial charge in [-0.05, 0) is 89.5 Å². The molecule has 41 heavy (non-hydrogen) atoms. The van der Waals surface area contributed by atoms with Crippen molar-refractivity contribution in [2.75, 3.05) is 7.11 Å². The molecule has 1 aliphatic rings. The van der Waals surface area contributed by atoms with E-state index in [0.717, 1.165) is 58.7 Å². The Kier molecular flexibility index (Phi) is 6.44. The molecule has 0 saturated carbocycles. The third kappa shape index (κ3) is 4.82. The van der Waals surface area contributed by atoms with Gasteiger partial charge in [-0.3, -0.25) is 9.97 Å². The van der Waals surface area contributed by atoms with Gasteiger partial charge in [-0.2, -0.15) is 0 Å². The Labute approximate surface area is 239 Å². The topological polar surface area (TPSA) is 72.9 Å². The minimum Gasteiger partial charge on any atom is -0.494 e. The van der Waals surface area contributed by atoms with E-state index >= 15 is 0 Å². The molecule has 0 radical (unpaired) electrons. The molecule has 1 aliphatic carbocycles. The molecule has 0 amide bonds. The second-order valence-corrected chi connectivity index (χ2v) is 10.7. The molecule has 0 spiro atoms. The lowest BCUT2D eigenvalue weighted by Crippen LogP contribution is -2.30. The maximum absolute atomic E-state index is 6.21. The van der Waals surface area contributed by atoms with E-state index in [-0.39, 0.29) is 5.41 Å². The predicted molar refractivity (Wildman–Crippen MR) is 160 cm³/mol. The van der Waals surface area contributed by atoms with Gasteiger partial charge >= 0.3 is 0 Å². The van der Waals surface area contributed by atoms with Crippen molar-refractivity contribution in [3.05, 3.63) is 138 Å². The minimum absolute atomic E-state index is 0.201. The number of pyridine rings is 2. The van der Waals surface area contributed by atoms with E-state index in [1.807, 2.05) is 48.9 Å². The summed E-state index contributed by atoms with van der Waals surface area (Å²) in [5.74, 6) is 2.45. The summed E-state index contributed by atoms with van der Waals surface area (Å²) in [6, 6.07) is 29.3. The normalized spacial score (nSPS) is 16.0. The highest BCUT2D eigenvalue weighted by Crippen LogP contribution is 2.46. The van der Waals surface area contributed by atoms with Crippen LogP contribution in [0.1, 0.15) is 27.8 Å². The minimum atomic E-state index is -0.201. The van der Waals surface area contributed by atoms with Crippen LogP contribution in [0.4, 0.5) is 0 Å². The van der Waals surface area contributed by atoms with Crippen LogP contribution < -0.4 is 9.47 Å². The van der Waals surface area contributed by atoms with E-state index in [1.54, 1.807) is 13.3 Å². The number of ether oxygens (including phenoxy) is 2. The van der Waals surface area contributed by atoms with Crippen LogP contribution in [0.15, 0.2) is 110 Å². The molecule has 0 bridgehead atoms. The molecule has 0 saturated heterocycles. The van der Waals surface area contributed by atoms with E-state index in [2.05, 4.69) is 69.5 Å². The molecule has 6 aromatic rings.